The highest BCUT2D eigenvalue weighted by molar-refractivity contribution is 5.86. The van der Waals surface area contributed by atoms with E-state index in [9.17, 15) is 9.90 Å². The molecule has 4 saturated carbocycles. The fourth-order valence-electron chi connectivity index (χ4n) is 5.87. The zero-order valence-electron chi connectivity index (χ0n) is 14.7. The quantitative estimate of drug-likeness (QED) is 0.636. The number of rotatable bonds is 5. The number of hydrogen-bond acceptors (Lipinski definition) is 4. The summed E-state index contributed by atoms with van der Waals surface area (Å²) in [4.78, 5) is 12.4. The summed E-state index contributed by atoms with van der Waals surface area (Å²) in [7, 11) is 1.50. The van der Waals surface area contributed by atoms with Crippen molar-refractivity contribution in [2.24, 2.45) is 28.3 Å². The van der Waals surface area contributed by atoms with Gasteiger partial charge in [0.15, 0.2) is 11.5 Å². The molecule has 0 radical (unpaired) electrons. The van der Waals surface area contributed by atoms with E-state index in [-0.39, 0.29) is 17.1 Å². The van der Waals surface area contributed by atoms with Gasteiger partial charge in [-0.25, -0.2) is 5.43 Å². The van der Waals surface area contributed by atoms with Gasteiger partial charge in [-0.3, -0.25) is 4.79 Å². The van der Waals surface area contributed by atoms with Crippen LogP contribution in [0.5, 0.6) is 11.5 Å². The molecule has 5 heteroatoms. The average molecular weight is 342 g/mol. The second-order valence-electron chi connectivity index (χ2n) is 8.29. The first-order chi connectivity index (χ1) is 12.1. The van der Waals surface area contributed by atoms with Crippen LogP contribution in [0.4, 0.5) is 0 Å². The maximum absolute atomic E-state index is 12.4. The predicted molar refractivity (Wildman–Crippen MR) is 95.6 cm³/mol. The van der Waals surface area contributed by atoms with E-state index in [0.29, 0.717) is 17.7 Å². The van der Waals surface area contributed by atoms with Crippen molar-refractivity contribution < 1.29 is 14.6 Å². The van der Waals surface area contributed by atoms with Gasteiger partial charge in [0.25, 0.3) is 0 Å². The van der Waals surface area contributed by atoms with Crippen molar-refractivity contribution in [2.45, 2.75) is 44.9 Å². The molecule has 1 aromatic carbocycles. The Hall–Kier alpha value is -2.04. The molecule has 2 N–H and O–H groups in total. The zero-order valence-corrected chi connectivity index (χ0v) is 14.7. The number of amides is 1. The molecule has 0 atom stereocenters. The number of phenols is 1. The Morgan fingerprint density at radius 1 is 1.28 bits per heavy atom. The van der Waals surface area contributed by atoms with E-state index in [4.69, 9.17) is 4.74 Å². The van der Waals surface area contributed by atoms with Crippen molar-refractivity contribution in [2.75, 3.05) is 7.11 Å². The minimum Gasteiger partial charge on any atom is -0.504 e. The highest BCUT2D eigenvalue weighted by Crippen LogP contribution is 2.61. The van der Waals surface area contributed by atoms with Gasteiger partial charge < -0.3 is 9.84 Å². The molecular formula is C20H26N2O3. The lowest BCUT2D eigenvalue weighted by atomic mass is 9.49. The monoisotopic (exact) mass is 342 g/mol. The van der Waals surface area contributed by atoms with E-state index in [0.717, 1.165) is 17.8 Å². The Morgan fingerprint density at radius 2 is 1.92 bits per heavy atom. The first-order valence-corrected chi connectivity index (χ1v) is 9.25. The molecule has 5 nitrogen and oxygen atoms in total. The first-order valence-electron chi connectivity index (χ1n) is 9.25. The van der Waals surface area contributed by atoms with Crippen LogP contribution in [-0.4, -0.2) is 24.3 Å². The number of carbonyl (C=O) groups is 1. The van der Waals surface area contributed by atoms with Gasteiger partial charge in [-0.1, -0.05) is 6.07 Å². The summed E-state index contributed by atoms with van der Waals surface area (Å²) in [6, 6.07) is 5.18. The summed E-state index contributed by atoms with van der Waals surface area (Å²) in [6.07, 6.45) is 9.84. The second kappa shape index (κ2) is 6.36. The summed E-state index contributed by atoms with van der Waals surface area (Å²) >= 11 is 0. The number of hydrogen-bond donors (Lipinski definition) is 2. The molecule has 0 heterocycles. The smallest absolute Gasteiger partial charge is 0.240 e. The third-order valence-electron chi connectivity index (χ3n) is 6.34. The summed E-state index contributed by atoms with van der Waals surface area (Å²) in [5.41, 5.74) is 3.39. The van der Waals surface area contributed by atoms with E-state index in [1.165, 1.54) is 51.8 Å². The molecular weight excluding hydrogens is 316 g/mol. The van der Waals surface area contributed by atoms with Crippen molar-refractivity contribution in [3.05, 3.63) is 23.8 Å². The summed E-state index contributed by atoms with van der Waals surface area (Å²) in [5.74, 6) is 2.94. The lowest BCUT2D eigenvalue weighted by molar-refractivity contribution is -0.129. The summed E-state index contributed by atoms with van der Waals surface area (Å²) < 4.78 is 5.07. The van der Waals surface area contributed by atoms with Crippen molar-refractivity contribution in [3.8, 4) is 11.5 Å². The molecule has 0 spiro atoms. The molecule has 5 rings (SSSR count). The molecule has 25 heavy (non-hydrogen) atoms. The van der Waals surface area contributed by atoms with E-state index in [1.54, 1.807) is 18.2 Å². The number of aromatic hydroxyl groups is 1. The number of ether oxygens (including phenoxy) is 1. The lowest BCUT2D eigenvalue weighted by Crippen LogP contribution is -2.47. The van der Waals surface area contributed by atoms with Crippen LogP contribution >= 0.6 is 0 Å². The highest BCUT2D eigenvalue weighted by atomic mass is 16.5. The zero-order chi connectivity index (χ0) is 17.4. The number of hydrazone groups is 1. The van der Waals surface area contributed by atoms with Crippen LogP contribution in [0, 0.1) is 23.2 Å². The average Bonchev–Trinajstić information content (AvgIpc) is 2.54. The molecule has 4 bridgehead atoms. The van der Waals surface area contributed by atoms with Crippen molar-refractivity contribution in [3.63, 3.8) is 0 Å². The minimum atomic E-state index is -0.0133. The fourth-order valence-corrected chi connectivity index (χ4v) is 5.87. The van der Waals surface area contributed by atoms with Crippen molar-refractivity contribution in [1.82, 2.24) is 5.43 Å². The number of benzene rings is 1. The Labute approximate surface area is 148 Å². The first kappa shape index (κ1) is 16.4. The predicted octanol–water partition coefficient (Wildman–Crippen LogP) is 3.46. The van der Waals surface area contributed by atoms with Crippen LogP contribution in [0.15, 0.2) is 23.3 Å². The molecule has 1 amide bonds. The SMILES string of the molecule is COc1cccc(C=NNC(=O)CC23CC4CC(CC(C4)C2)C3)c1O. The number of methoxy groups -OCH3 is 1. The Morgan fingerprint density at radius 3 is 2.52 bits per heavy atom. The van der Waals surface area contributed by atoms with Gasteiger partial charge in [-0.15, -0.1) is 0 Å². The van der Waals surface area contributed by atoms with Crippen LogP contribution in [0.1, 0.15) is 50.5 Å². The van der Waals surface area contributed by atoms with E-state index in [2.05, 4.69) is 10.5 Å². The fraction of sp³-hybridized carbons (Fsp3) is 0.600. The van der Waals surface area contributed by atoms with Crippen LogP contribution in [0.25, 0.3) is 0 Å². The van der Waals surface area contributed by atoms with Crippen LogP contribution in [0.2, 0.25) is 0 Å². The van der Waals surface area contributed by atoms with Crippen molar-refractivity contribution in [1.29, 1.82) is 0 Å². The molecule has 0 aromatic heterocycles. The van der Waals surface area contributed by atoms with Crippen LogP contribution in [-0.2, 0) is 4.79 Å². The molecule has 134 valence electrons. The largest absolute Gasteiger partial charge is 0.504 e. The molecule has 4 fully saturated rings. The molecule has 4 aliphatic carbocycles. The lowest BCUT2D eigenvalue weighted by Gasteiger charge is -2.56. The number of nitrogens with one attached hydrogen (secondary N) is 1. The van der Waals surface area contributed by atoms with E-state index < -0.39 is 0 Å². The minimum absolute atomic E-state index is 0.0133. The molecule has 0 saturated heterocycles. The van der Waals surface area contributed by atoms with Gasteiger partial charge in [0.1, 0.15) is 0 Å². The van der Waals surface area contributed by atoms with Gasteiger partial charge in [0, 0.05) is 12.0 Å². The van der Waals surface area contributed by atoms with Gasteiger partial charge in [-0.2, -0.15) is 5.10 Å². The maximum atomic E-state index is 12.4. The standard InChI is InChI=1S/C20H26N2O3/c1-25-17-4-2-3-16(19(17)24)12-21-22-18(23)11-20-8-13-5-14(9-20)7-15(6-13)10-20/h2-4,12-15,24H,5-11H2,1H3,(H,22,23). The third-order valence-corrected chi connectivity index (χ3v) is 6.34. The number of para-hydroxylation sites is 1. The van der Waals surface area contributed by atoms with Crippen LogP contribution < -0.4 is 10.2 Å². The number of carbonyl (C=O) groups excluding carboxylic acids is 1. The number of phenolic OH excluding ortho intramolecular Hbond substituents is 1. The van der Waals surface area contributed by atoms with Gasteiger partial charge in [0.2, 0.25) is 5.91 Å². The molecule has 1 aromatic rings. The topological polar surface area (TPSA) is 70.9 Å². The summed E-state index contributed by atoms with van der Waals surface area (Å²) in [6.45, 7) is 0. The maximum Gasteiger partial charge on any atom is 0.240 e. The third kappa shape index (κ3) is 3.24. The van der Waals surface area contributed by atoms with Gasteiger partial charge in [-0.05, 0) is 73.8 Å². The van der Waals surface area contributed by atoms with E-state index >= 15 is 0 Å². The second-order valence-corrected chi connectivity index (χ2v) is 8.29. The van der Waals surface area contributed by atoms with Crippen molar-refractivity contribution >= 4 is 12.1 Å². The summed E-state index contributed by atoms with van der Waals surface area (Å²) in [5, 5.41) is 14.1. The van der Waals surface area contributed by atoms with E-state index in [1.807, 2.05) is 0 Å². The Balaban J connectivity index is 1.37. The Bertz CT molecular complexity index is 663. The van der Waals surface area contributed by atoms with Gasteiger partial charge in [0.05, 0.1) is 13.3 Å². The van der Waals surface area contributed by atoms with Crippen LogP contribution in [0.3, 0.4) is 0 Å². The van der Waals surface area contributed by atoms with Gasteiger partial charge >= 0.3 is 0 Å². The highest BCUT2D eigenvalue weighted by Gasteiger charge is 2.51. The molecule has 4 aliphatic rings. The number of nitrogens with zero attached hydrogens (tertiary/aromatic N) is 1. The normalized spacial score (nSPS) is 32.9. The molecule has 0 aliphatic heterocycles. The Kier molecular flexibility index (Phi) is 4.18. The molecule has 0 unspecified atom stereocenters.